The molecule has 1 saturated heterocycles. The molecule has 1 N–H and O–H groups in total. The molecule has 0 aliphatic carbocycles. The topological polar surface area (TPSA) is 80.2 Å². The van der Waals surface area contributed by atoms with E-state index in [0.29, 0.717) is 18.9 Å². The van der Waals surface area contributed by atoms with Gasteiger partial charge in [-0.3, -0.25) is 9.59 Å². The van der Waals surface area contributed by atoms with Gasteiger partial charge < -0.3 is 14.4 Å². The molecule has 0 bridgehead atoms. The first-order valence-electron chi connectivity index (χ1n) is 10.7. The van der Waals surface area contributed by atoms with E-state index in [0.717, 1.165) is 22.6 Å². The van der Waals surface area contributed by atoms with Crippen LogP contribution < -0.4 is 19.8 Å². The summed E-state index contributed by atoms with van der Waals surface area (Å²) in [4.78, 5) is 26.5. The maximum Gasteiger partial charge on any atom is 0.245 e. The van der Waals surface area contributed by atoms with E-state index in [2.05, 4.69) is 10.5 Å². The predicted octanol–water partition coefficient (Wildman–Crippen LogP) is 3.78. The number of carbonyl (C=O) groups is 2. The van der Waals surface area contributed by atoms with E-state index in [1.54, 1.807) is 30.4 Å². The number of hydrazone groups is 1. The van der Waals surface area contributed by atoms with Crippen LogP contribution in [0.5, 0.6) is 11.5 Å². The minimum absolute atomic E-state index is 0.0876. The highest BCUT2D eigenvalue weighted by molar-refractivity contribution is 6.00. The van der Waals surface area contributed by atoms with Crippen LogP contribution in [0.15, 0.2) is 84.0 Å². The van der Waals surface area contributed by atoms with Crippen LogP contribution in [0.2, 0.25) is 0 Å². The number of nitrogens with zero attached hydrogens (tertiary/aromatic N) is 2. The highest BCUT2D eigenvalue weighted by Crippen LogP contribution is 2.27. The minimum atomic E-state index is -0.453. The number of amides is 2. The standard InChI is InChI=1S/C26H25N3O4/c1-32-23-13-9-22(10-14-23)29-17-21(15-25(29)30)26(31)28-27-16-19-7-11-24(12-8-19)33-18-20-5-3-2-4-6-20/h2-14,16,21H,15,17-18H2,1H3,(H,28,31)/b27-16+/t21-/m0/s1. The summed E-state index contributed by atoms with van der Waals surface area (Å²) in [7, 11) is 1.59. The summed E-state index contributed by atoms with van der Waals surface area (Å²) in [5.74, 6) is 0.646. The van der Waals surface area contributed by atoms with Crippen molar-refractivity contribution in [3.05, 3.63) is 90.0 Å². The zero-order chi connectivity index (χ0) is 23.0. The second-order valence-electron chi connectivity index (χ2n) is 7.68. The van der Waals surface area contributed by atoms with Crippen LogP contribution in [0.25, 0.3) is 0 Å². The minimum Gasteiger partial charge on any atom is -0.497 e. The van der Waals surface area contributed by atoms with Crippen molar-refractivity contribution in [3.8, 4) is 11.5 Å². The number of hydrogen-bond acceptors (Lipinski definition) is 5. The predicted molar refractivity (Wildman–Crippen MR) is 126 cm³/mol. The number of nitrogens with one attached hydrogen (secondary N) is 1. The lowest BCUT2D eigenvalue weighted by atomic mass is 10.1. The van der Waals surface area contributed by atoms with Gasteiger partial charge in [0.05, 0.1) is 19.2 Å². The molecule has 4 rings (SSSR count). The molecule has 3 aromatic carbocycles. The molecule has 7 nitrogen and oxygen atoms in total. The molecule has 0 saturated carbocycles. The van der Waals surface area contributed by atoms with E-state index in [9.17, 15) is 9.59 Å². The van der Waals surface area contributed by atoms with Gasteiger partial charge in [0.15, 0.2) is 0 Å². The number of rotatable bonds is 8. The first kappa shape index (κ1) is 22.1. The third-order valence-electron chi connectivity index (χ3n) is 5.40. The largest absolute Gasteiger partial charge is 0.497 e. The van der Waals surface area contributed by atoms with E-state index in [1.807, 2.05) is 66.7 Å². The SMILES string of the molecule is COc1ccc(N2C[C@@H](C(=O)N/N=C/c3ccc(OCc4ccccc4)cc3)CC2=O)cc1. The van der Waals surface area contributed by atoms with Crippen LogP contribution in [-0.4, -0.2) is 31.7 Å². The normalized spacial score (nSPS) is 15.6. The Morgan fingerprint density at radius 1 is 1.03 bits per heavy atom. The molecule has 7 heteroatoms. The van der Waals surface area contributed by atoms with Gasteiger partial charge in [-0.25, -0.2) is 5.43 Å². The molecule has 0 aromatic heterocycles. The Morgan fingerprint density at radius 3 is 2.42 bits per heavy atom. The van der Waals surface area contributed by atoms with Gasteiger partial charge in [0.25, 0.3) is 0 Å². The maximum absolute atomic E-state index is 12.5. The van der Waals surface area contributed by atoms with Gasteiger partial charge in [0.2, 0.25) is 11.8 Å². The number of hydrogen-bond donors (Lipinski definition) is 1. The number of anilines is 1. The Labute approximate surface area is 192 Å². The molecule has 1 fully saturated rings. The molecular weight excluding hydrogens is 418 g/mol. The van der Waals surface area contributed by atoms with Gasteiger partial charge in [0, 0.05) is 18.7 Å². The highest BCUT2D eigenvalue weighted by atomic mass is 16.5. The van der Waals surface area contributed by atoms with Crippen LogP contribution in [0.1, 0.15) is 17.5 Å². The summed E-state index contributed by atoms with van der Waals surface area (Å²) < 4.78 is 10.9. The molecule has 1 aliphatic heterocycles. The summed E-state index contributed by atoms with van der Waals surface area (Å²) in [6.45, 7) is 0.817. The zero-order valence-electron chi connectivity index (χ0n) is 18.3. The van der Waals surface area contributed by atoms with Crippen LogP contribution >= 0.6 is 0 Å². The van der Waals surface area contributed by atoms with Gasteiger partial charge in [-0.1, -0.05) is 30.3 Å². The Morgan fingerprint density at radius 2 is 1.73 bits per heavy atom. The van der Waals surface area contributed by atoms with Crippen LogP contribution in [0, 0.1) is 5.92 Å². The van der Waals surface area contributed by atoms with Crippen molar-refractivity contribution in [2.75, 3.05) is 18.6 Å². The number of ether oxygens (including phenoxy) is 2. The smallest absolute Gasteiger partial charge is 0.245 e. The van der Waals surface area contributed by atoms with Crippen molar-refractivity contribution in [2.45, 2.75) is 13.0 Å². The quantitative estimate of drug-likeness (QED) is 0.425. The molecule has 1 atom stereocenters. The molecule has 0 spiro atoms. The van der Waals surface area contributed by atoms with E-state index in [1.165, 1.54) is 0 Å². The monoisotopic (exact) mass is 443 g/mol. The van der Waals surface area contributed by atoms with E-state index in [4.69, 9.17) is 9.47 Å². The van der Waals surface area contributed by atoms with Crippen molar-refractivity contribution < 1.29 is 19.1 Å². The van der Waals surface area contributed by atoms with Crippen molar-refractivity contribution in [1.29, 1.82) is 0 Å². The van der Waals surface area contributed by atoms with Gasteiger partial charge in [-0.2, -0.15) is 5.10 Å². The van der Waals surface area contributed by atoms with Gasteiger partial charge >= 0.3 is 0 Å². The number of methoxy groups -OCH3 is 1. The Hall–Kier alpha value is -4.13. The Kier molecular flexibility index (Phi) is 6.99. The lowest BCUT2D eigenvalue weighted by Crippen LogP contribution is -2.30. The third-order valence-corrected chi connectivity index (χ3v) is 5.40. The van der Waals surface area contributed by atoms with E-state index in [-0.39, 0.29) is 18.2 Å². The summed E-state index contributed by atoms with van der Waals surface area (Å²) in [6, 6.07) is 24.6. The number of carbonyl (C=O) groups excluding carboxylic acids is 2. The molecule has 3 aromatic rings. The van der Waals surface area contributed by atoms with Crippen molar-refractivity contribution in [1.82, 2.24) is 5.43 Å². The van der Waals surface area contributed by atoms with E-state index >= 15 is 0 Å². The van der Waals surface area contributed by atoms with Gasteiger partial charge in [-0.05, 0) is 59.7 Å². The Balaban J connectivity index is 1.26. The summed E-state index contributed by atoms with van der Waals surface area (Å²) in [5.41, 5.74) is 5.21. The average Bonchev–Trinajstić information content (AvgIpc) is 3.26. The van der Waals surface area contributed by atoms with Crippen LogP contribution in [0.3, 0.4) is 0 Å². The molecule has 1 heterocycles. The summed E-state index contributed by atoms with van der Waals surface area (Å²) >= 11 is 0. The van der Waals surface area contributed by atoms with Crippen molar-refractivity contribution in [2.24, 2.45) is 11.0 Å². The van der Waals surface area contributed by atoms with E-state index < -0.39 is 5.92 Å². The van der Waals surface area contributed by atoms with Gasteiger partial charge in [0.1, 0.15) is 18.1 Å². The fourth-order valence-electron chi connectivity index (χ4n) is 3.55. The second kappa shape index (κ2) is 10.5. The lowest BCUT2D eigenvalue weighted by molar-refractivity contribution is -0.126. The van der Waals surface area contributed by atoms with Crippen molar-refractivity contribution >= 4 is 23.7 Å². The summed E-state index contributed by atoms with van der Waals surface area (Å²) in [5, 5.41) is 4.04. The summed E-state index contributed by atoms with van der Waals surface area (Å²) in [6.07, 6.45) is 1.72. The fraction of sp³-hybridized carbons (Fsp3) is 0.192. The Bertz CT molecular complexity index is 1110. The van der Waals surface area contributed by atoms with Gasteiger partial charge in [-0.15, -0.1) is 0 Å². The molecule has 0 radical (unpaired) electrons. The first-order valence-corrected chi connectivity index (χ1v) is 10.7. The van der Waals surface area contributed by atoms with Crippen LogP contribution in [0.4, 0.5) is 5.69 Å². The third kappa shape index (κ3) is 5.77. The maximum atomic E-state index is 12.5. The lowest BCUT2D eigenvalue weighted by Gasteiger charge is -2.16. The molecule has 168 valence electrons. The highest BCUT2D eigenvalue weighted by Gasteiger charge is 2.35. The first-order chi connectivity index (χ1) is 16.1. The molecule has 33 heavy (non-hydrogen) atoms. The second-order valence-corrected chi connectivity index (χ2v) is 7.68. The molecule has 0 unspecified atom stereocenters. The van der Waals surface area contributed by atoms with Crippen molar-refractivity contribution in [3.63, 3.8) is 0 Å². The zero-order valence-corrected chi connectivity index (χ0v) is 18.3. The number of benzene rings is 3. The molecular formula is C26H25N3O4. The van der Waals surface area contributed by atoms with Crippen LogP contribution in [-0.2, 0) is 16.2 Å². The fourth-order valence-corrected chi connectivity index (χ4v) is 3.55. The molecule has 2 amide bonds. The average molecular weight is 444 g/mol. The molecule has 1 aliphatic rings.